The quantitative estimate of drug-likeness (QED) is 0.391. The van der Waals surface area contributed by atoms with Crippen molar-refractivity contribution in [3.8, 4) is 0 Å². The zero-order chi connectivity index (χ0) is 25.1. The fourth-order valence-corrected chi connectivity index (χ4v) is 4.71. The minimum atomic E-state index is -1.03. The van der Waals surface area contributed by atoms with Crippen molar-refractivity contribution in [2.45, 2.75) is 58.7 Å². The molecule has 8 nitrogen and oxygen atoms in total. The van der Waals surface area contributed by atoms with Crippen LogP contribution in [0.5, 0.6) is 0 Å². The van der Waals surface area contributed by atoms with Gasteiger partial charge in [-0.05, 0) is 36.1 Å². The van der Waals surface area contributed by atoms with Crippen LogP contribution in [0.4, 0.5) is 0 Å². The summed E-state index contributed by atoms with van der Waals surface area (Å²) in [6, 6.07) is 16.1. The van der Waals surface area contributed by atoms with E-state index in [0.717, 1.165) is 27.6 Å². The van der Waals surface area contributed by atoms with Crippen LogP contribution in [-0.4, -0.2) is 47.4 Å². The summed E-state index contributed by atoms with van der Waals surface area (Å²) in [6.45, 7) is 5.81. The lowest BCUT2D eigenvalue weighted by Crippen LogP contribution is -2.55. The molecule has 1 fully saturated rings. The number of hydrogen-bond acceptors (Lipinski definition) is 7. The van der Waals surface area contributed by atoms with Gasteiger partial charge in [-0.1, -0.05) is 42.5 Å². The summed E-state index contributed by atoms with van der Waals surface area (Å²) in [5.41, 5.74) is 4.23. The Balaban J connectivity index is 1.80. The van der Waals surface area contributed by atoms with E-state index in [1.54, 1.807) is 0 Å². The first-order chi connectivity index (χ1) is 16.7. The summed E-state index contributed by atoms with van der Waals surface area (Å²) >= 11 is 0. The minimum absolute atomic E-state index is 0.0283. The maximum Gasteiger partial charge on any atom is 0.303 e. The molecule has 0 saturated carbocycles. The van der Waals surface area contributed by atoms with Crippen molar-refractivity contribution in [3.63, 3.8) is 0 Å². The highest BCUT2D eigenvalue weighted by atomic mass is 16.6. The van der Waals surface area contributed by atoms with Gasteiger partial charge in [-0.2, -0.15) is 0 Å². The molecular formula is C27H29NO7. The molecule has 35 heavy (non-hydrogen) atoms. The molecule has 0 spiro atoms. The molecule has 2 heterocycles. The molecule has 4 atom stereocenters. The molecule has 0 bridgehead atoms. The van der Waals surface area contributed by atoms with Crippen LogP contribution in [0.2, 0.25) is 0 Å². The van der Waals surface area contributed by atoms with Gasteiger partial charge in [0, 0.05) is 32.4 Å². The van der Waals surface area contributed by atoms with Crippen molar-refractivity contribution >= 4 is 28.8 Å². The molecule has 0 amide bonds. The normalized spacial score (nSPS) is 21.9. The van der Waals surface area contributed by atoms with Crippen molar-refractivity contribution in [3.05, 3.63) is 71.4 Å². The highest BCUT2D eigenvalue weighted by Crippen LogP contribution is 2.36. The second-order valence-corrected chi connectivity index (χ2v) is 8.71. The van der Waals surface area contributed by atoms with Crippen LogP contribution in [0.15, 0.2) is 54.7 Å². The van der Waals surface area contributed by atoms with E-state index in [-0.39, 0.29) is 6.61 Å². The maximum absolute atomic E-state index is 12.1. The number of rotatable bonds is 6. The number of aromatic nitrogens is 1. The van der Waals surface area contributed by atoms with Gasteiger partial charge in [0.05, 0.1) is 12.1 Å². The highest BCUT2D eigenvalue weighted by Gasteiger charge is 2.48. The Labute approximate surface area is 203 Å². The largest absolute Gasteiger partial charge is 0.456 e. The minimum Gasteiger partial charge on any atom is -0.456 e. The van der Waals surface area contributed by atoms with E-state index in [1.807, 2.05) is 54.1 Å². The van der Waals surface area contributed by atoms with Crippen molar-refractivity contribution in [1.82, 2.24) is 4.57 Å². The van der Waals surface area contributed by atoms with E-state index in [1.165, 1.54) is 20.8 Å². The van der Waals surface area contributed by atoms with E-state index in [9.17, 15) is 14.4 Å². The molecule has 1 aliphatic rings. The summed E-state index contributed by atoms with van der Waals surface area (Å²) in [7, 11) is 0. The molecule has 1 saturated heterocycles. The van der Waals surface area contributed by atoms with E-state index in [4.69, 9.17) is 18.9 Å². The predicted octanol–water partition coefficient (Wildman–Crippen LogP) is 3.86. The van der Waals surface area contributed by atoms with Gasteiger partial charge in [0.1, 0.15) is 0 Å². The van der Waals surface area contributed by atoms with Crippen LogP contribution in [0.1, 0.15) is 43.7 Å². The van der Waals surface area contributed by atoms with Gasteiger partial charge in [-0.3, -0.25) is 14.4 Å². The van der Waals surface area contributed by atoms with Gasteiger partial charge in [-0.25, -0.2) is 0 Å². The first-order valence-electron chi connectivity index (χ1n) is 11.5. The standard InChI is InChI=1S/C27H29NO7/c1-16-9-8-12-22-24(16)21(13-20-10-6-5-7-11-20)14-28(22)27-26(35-19(4)31)25(34-18(3)30)23(15-32-27)33-17(2)29/h5-12,14,23,25-27H,13,15H2,1-4H3/t23-,25+,26-,27-/m1/s1. The molecule has 0 N–H and O–H groups in total. The summed E-state index contributed by atoms with van der Waals surface area (Å²) in [6.07, 6.45) is -1.09. The van der Waals surface area contributed by atoms with E-state index < -0.39 is 42.4 Å². The molecule has 0 aliphatic carbocycles. The summed E-state index contributed by atoms with van der Waals surface area (Å²) in [4.78, 5) is 35.7. The fraction of sp³-hybridized carbons (Fsp3) is 0.370. The van der Waals surface area contributed by atoms with E-state index in [2.05, 4.69) is 12.1 Å². The summed E-state index contributed by atoms with van der Waals surface area (Å²) in [5.74, 6) is -1.70. The summed E-state index contributed by atoms with van der Waals surface area (Å²) in [5, 5.41) is 1.08. The van der Waals surface area contributed by atoms with Crippen LogP contribution in [0, 0.1) is 6.92 Å². The third-order valence-corrected chi connectivity index (χ3v) is 5.98. The van der Waals surface area contributed by atoms with Gasteiger partial charge >= 0.3 is 17.9 Å². The van der Waals surface area contributed by atoms with E-state index in [0.29, 0.717) is 6.42 Å². The fourth-order valence-electron chi connectivity index (χ4n) is 4.71. The maximum atomic E-state index is 12.1. The summed E-state index contributed by atoms with van der Waals surface area (Å²) < 4.78 is 24.6. The molecular weight excluding hydrogens is 450 g/mol. The van der Waals surface area contributed by atoms with Gasteiger partial charge in [0.15, 0.2) is 24.5 Å². The third-order valence-electron chi connectivity index (χ3n) is 5.98. The number of carbonyl (C=O) groups is 3. The molecule has 184 valence electrons. The topological polar surface area (TPSA) is 93.1 Å². The van der Waals surface area contributed by atoms with Gasteiger partial charge in [0.25, 0.3) is 0 Å². The van der Waals surface area contributed by atoms with Crippen LogP contribution in [0.3, 0.4) is 0 Å². The Morgan fingerprint density at radius 1 is 0.886 bits per heavy atom. The average molecular weight is 480 g/mol. The Bertz CT molecular complexity index is 1230. The van der Waals surface area contributed by atoms with Gasteiger partial charge < -0.3 is 23.5 Å². The van der Waals surface area contributed by atoms with Gasteiger partial charge in [0.2, 0.25) is 0 Å². The van der Waals surface area contributed by atoms with Crippen molar-refractivity contribution < 1.29 is 33.3 Å². The molecule has 0 unspecified atom stereocenters. The lowest BCUT2D eigenvalue weighted by atomic mass is 10.0. The number of aryl methyl sites for hydroxylation is 1. The number of benzene rings is 2. The monoisotopic (exact) mass is 479 g/mol. The molecule has 1 aliphatic heterocycles. The Hall–Kier alpha value is -3.65. The molecule has 0 radical (unpaired) electrons. The SMILES string of the molecule is CC(=O)O[C@@H]1[C@@H](OC(C)=O)[C@H](OC(C)=O)CO[C@H]1n1cc(Cc2ccccc2)c2c(C)cccc21. The molecule has 8 heteroatoms. The van der Waals surface area contributed by atoms with Crippen LogP contribution >= 0.6 is 0 Å². The molecule has 3 aromatic rings. The molecule has 1 aromatic heterocycles. The van der Waals surface area contributed by atoms with Gasteiger partial charge in [-0.15, -0.1) is 0 Å². The first-order valence-corrected chi connectivity index (χ1v) is 11.5. The zero-order valence-corrected chi connectivity index (χ0v) is 20.2. The van der Waals surface area contributed by atoms with Crippen molar-refractivity contribution in [1.29, 1.82) is 0 Å². The Morgan fingerprint density at radius 3 is 2.20 bits per heavy atom. The second kappa shape index (κ2) is 10.3. The highest BCUT2D eigenvalue weighted by molar-refractivity contribution is 5.87. The van der Waals surface area contributed by atoms with Crippen LogP contribution < -0.4 is 0 Å². The average Bonchev–Trinajstić information content (AvgIpc) is 3.15. The van der Waals surface area contributed by atoms with Crippen LogP contribution in [-0.2, 0) is 39.8 Å². The van der Waals surface area contributed by atoms with Crippen LogP contribution in [0.25, 0.3) is 10.9 Å². The second-order valence-electron chi connectivity index (χ2n) is 8.71. The van der Waals surface area contributed by atoms with E-state index >= 15 is 0 Å². The third kappa shape index (κ3) is 5.38. The number of nitrogens with zero attached hydrogens (tertiary/aromatic N) is 1. The number of carbonyl (C=O) groups excluding carboxylic acids is 3. The lowest BCUT2D eigenvalue weighted by Gasteiger charge is -2.41. The molecule has 4 rings (SSSR count). The first kappa shape index (κ1) is 24.5. The van der Waals surface area contributed by atoms with Crippen molar-refractivity contribution in [2.75, 3.05) is 6.61 Å². The Morgan fingerprint density at radius 2 is 1.54 bits per heavy atom. The zero-order valence-electron chi connectivity index (χ0n) is 20.2. The van der Waals surface area contributed by atoms with Crippen molar-refractivity contribution in [2.24, 2.45) is 0 Å². The number of esters is 3. The number of ether oxygens (including phenoxy) is 4. The number of hydrogen-bond donors (Lipinski definition) is 0. The molecule has 2 aromatic carbocycles. The predicted molar refractivity (Wildman–Crippen MR) is 128 cm³/mol. The number of fused-ring (bicyclic) bond motifs is 1. The lowest BCUT2D eigenvalue weighted by molar-refractivity contribution is -0.239. The smallest absolute Gasteiger partial charge is 0.303 e. The Kier molecular flexibility index (Phi) is 7.21.